The minimum atomic E-state index is -4.48. The number of methoxy groups -OCH3 is 1. The largest absolute Gasteiger partial charge is 0.497 e. The number of nitrogens with one attached hydrogen (secondary N) is 2. The van der Waals surface area contributed by atoms with Gasteiger partial charge in [-0.05, 0) is 49.0 Å². The highest BCUT2D eigenvalue weighted by molar-refractivity contribution is 7.71. The number of aromatic nitrogens is 5. The van der Waals surface area contributed by atoms with Crippen molar-refractivity contribution >= 4 is 18.0 Å². The number of anilines is 1. The van der Waals surface area contributed by atoms with Crippen molar-refractivity contribution in [3.05, 3.63) is 70.6 Å². The molecule has 1 aliphatic rings. The third-order valence-corrected chi connectivity index (χ3v) is 6.24. The van der Waals surface area contributed by atoms with Gasteiger partial charge >= 0.3 is 6.18 Å². The number of benzene rings is 2. The summed E-state index contributed by atoms with van der Waals surface area (Å²) in [6.45, 7) is 1.97. The normalized spacial score (nSPS) is 17.8. The van der Waals surface area contributed by atoms with Gasteiger partial charge in [-0.15, -0.1) is 0 Å². The van der Waals surface area contributed by atoms with Crippen molar-refractivity contribution in [3.8, 4) is 22.8 Å². The van der Waals surface area contributed by atoms with Crippen LogP contribution in [0, 0.1) is 11.7 Å². The van der Waals surface area contributed by atoms with Gasteiger partial charge in [0.25, 0.3) is 0 Å². The van der Waals surface area contributed by atoms with Crippen molar-refractivity contribution in [1.82, 2.24) is 24.5 Å². The Kier molecular flexibility index (Phi) is 5.43. The van der Waals surface area contributed by atoms with Crippen LogP contribution in [-0.2, 0) is 0 Å². The molecule has 11 heteroatoms. The number of aryl methyl sites for hydroxylation is 1. The second-order valence-electron chi connectivity index (χ2n) is 8.14. The summed E-state index contributed by atoms with van der Waals surface area (Å²) in [4.78, 5) is 0. The van der Waals surface area contributed by atoms with Crippen LogP contribution in [-0.4, -0.2) is 37.8 Å². The summed E-state index contributed by atoms with van der Waals surface area (Å²) in [5.41, 5.74) is 2.95. The first-order valence-corrected chi connectivity index (χ1v) is 11.0. The van der Waals surface area contributed by atoms with E-state index < -0.39 is 18.3 Å². The average molecular weight is 487 g/mol. The minimum absolute atomic E-state index is 0.200. The number of hydrogen-bond acceptors (Lipinski definition) is 5. The summed E-state index contributed by atoms with van der Waals surface area (Å²) in [5.74, 6) is 1.24. The fourth-order valence-electron chi connectivity index (χ4n) is 4.19. The molecule has 34 heavy (non-hydrogen) atoms. The van der Waals surface area contributed by atoms with Crippen molar-refractivity contribution in [3.63, 3.8) is 0 Å². The van der Waals surface area contributed by atoms with Crippen LogP contribution in [0.4, 0.5) is 19.0 Å². The van der Waals surface area contributed by atoms with Gasteiger partial charge in [0, 0.05) is 12.1 Å². The van der Waals surface area contributed by atoms with Gasteiger partial charge in [-0.2, -0.15) is 23.4 Å². The molecule has 5 rings (SSSR count). The van der Waals surface area contributed by atoms with Crippen molar-refractivity contribution in [2.45, 2.75) is 31.6 Å². The van der Waals surface area contributed by atoms with Crippen molar-refractivity contribution in [1.29, 1.82) is 0 Å². The maximum Gasteiger partial charge on any atom is 0.410 e. The highest BCUT2D eigenvalue weighted by Gasteiger charge is 2.47. The number of hydrogen-bond donors (Lipinski definition) is 2. The van der Waals surface area contributed by atoms with Gasteiger partial charge in [0.05, 0.1) is 24.9 Å². The maximum absolute atomic E-state index is 14.1. The predicted octanol–water partition coefficient (Wildman–Crippen LogP) is 5.77. The second-order valence-corrected chi connectivity index (χ2v) is 8.52. The van der Waals surface area contributed by atoms with E-state index in [1.54, 1.807) is 35.9 Å². The van der Waals surface area contributed by atoms with E-state index >= 15 is 0 Å². The molecular formula is C23H21F3N6OS. The summed E-state index contributed by atoms with van der Waals surface area (Å²) in [7, 11) is 1.54. The summed E-state index contributed by atoms with van der Waals surface area (Å²) < 4.78 is 50.4. The van der Waals surface area contributed by atoms with E-state index in [2.05, 4.69) is 20.6 Å². The summed E-state index contributed by atoms with van der Waals surface area (Å²) in [6, 6.07) is 12.2. The van der Waals surface area contributed by atoms with E-state index in [9.17, 15) is 13.2 Å². The maximum atomic E-state index is 14.1. The Balaban J connectivity index is 1.62. The first kappa shape index (κ1) is 22.2. The molecule has 1 aliphatic heterocycles. The zero-order valence-electron chi connectivity index (χ0n) is 18.3. The highest BCUT2D eigenvalue weighted by atomic mass is 32.1. The first-order chi connectivity index (χ1) is 16.3. The number of aromatic amines is 1. The molecule has 4 aromatic rings. The third kappa shape index (κ3) is 3.85. The SMILES string of the molecule is COc1ccc([C@@H]2C[C@H](C(F)(F)F)n3ncc(-c4n[nH]c(=S)n4-c4ccc(C)cc4)c3N2)cc1. The Morgan fingerprint density at radius 2 is 1.79 bits per heavy atom. The van der Waals surface area contributed by atoms with Crippen LogP contribution in [0.5, 0.6) is 5.75 Å². The number of nitrogens with zero attached hydrogens (tertiary/aromatic N) is 4. The van der Waals surface area contributed by atoms with E-state index in [0.29, 0.717) is 27.5 Å². The van der Waals surface area contributed by atoms with Crippen LogP contribution in [0.2, 0.25) is 0 Å². The number of fused-ring (bicyclic) bond motifs is 1. The van der Waals surface area contributed by atoms with Gasteiger partial charge in [0.2, 0.25) is 0 Å². The molecule has 0 radical (unpaired) electrons. The van der Waals surface area contributed by atoms with E-state index in [4.69, 9.17) is 17.0 Å². The fourth-order valence-corrected chi connectivity index (χ4v) is 4.43. The second kappa shape index (κ2) is 8.32. The minimum Gasteiger partial charge on any atom is -0.497 e. The molecule has 0 fully saturated rings. The van der Waals surface area contributed by atoms with Crippen molar-refractivity contribution < 1.29 is 17.9 Å². The topological polar surface area (TPSA) is 72.7 Å². The van der Waals surface area contributed by atoms with Gasteiger partial charge in [0.15, 0.2) is 16.6 Å². The van der Waals surface area contributed by atoms with Gasteiger partial charge in [-0.1, -0.05) is 29.8 Å². The molecule has 2 aromatic heterocycles. The Bertz CT molecular complexity index is 1370. The summed E-state index contributed by atoms with van der Waals surface area (Å²) >= 11 is 5.43. The van der Waals surface area contributed by atoms with Crippen LogP contribution in [0.15, 0.2) is 54.7 Å². The lowest BCUT2D eigenvalue weighted by Gasteiger charge is -2.34. The van der Waals surface area contributed by atoms with Crippen molar-refractivity contribution in [2.75, 3.05) is 12.4 Å². The molecule has 3 heterocycles. The number of rotatable bonds is 4. The summed E-state index contributed by atoms with van der Waals surface area (Å²) in [6.07, 6.45) is -3.28. The lowest BCUT2D eigenvalue weighted by molar-refractivity contribution is -0.173. The molecule has 0 amide bonds. The molecule has 2 N–H and O–H groups in total. The van der Waals surface area contributed by atoms with Gasteiger partial charge in [0.1, 0.15) is 11.6 Å². The molecular weight excluding hydrogens is 465 g/mol. The van der Waals surface area contributed by atoms with Crippen LogP contribution < -0.4 is 10.1 Å². The first-order valence-electron chi connectivity index (χ1n) is 10.6. The average Bonchev–Trinajstić information content (AvgIpc) is 3.41. The van der Waals surface area contributed by atoms with Gasteiger partial charge in [-0.3, -0.25) is 9.67 Å². The molecule has 176 valence electrons. The van der Waals surface area contributed by atoms with Crippen LogP contribution in [0.1, 0.15) is 29.6 Å². The quantitative estimate of drug-likeness (QED) is 0.358. The molecule has 7 nitrogen and oxygen atoms in total. The zero-order chi connectivity index (χ0) is 24.0. The summed E-state index contributed by atoms with van der Waals surface area (Å²) in [5, 5.41) is 14.4. The number of ether oxygens (including phenoxy) is 1. The van der Waals surface area contributed by atoms with E-state index in [0.717, 1.165) is 15.9 Å². The predicted molar refractivity (Wildman–Crippen MR) is 124 cm³/mol. The van der Waals surface area contributed by atoms with Crippen molar-refractivity contribution in [2.24, 2.45) is 0 Å². The number of alkyl halides is 3. The number of H-pyrrole nitrogens is 1. The van der Waals surface area contributed by atoms with Gasteiger partial charge < -0.3 is 10.1 Å². The lowest BCUT2D eigenvalue weighted by atomic mass is 9.96. The fraction of sp³-hybridized carbons (Fsp3) is 0.261. The van der Waals surface area contributed by atoms with Crippen LogP contribution in [0.3, 0.4) is 0 Å². The Labute approximate surface area is 198 Å². The van der Waals surface area contributed by atoms with Crippen LogP contribution >= 0.6 is 12.2 Å². The van der Waals surface area contributed by atoms with Crippen LogP contribution in [0.25, 0.3) is 17.1 Å². The molecule has 2 aromatic carbocycles. The number of halogens is 3. The molecule has 2 atom stereocenters. The van der Waals surface area contributed by atoms with E-state index in [1.807, 2.05) is 31.2 Å². The van der Waals surface area contributed by atoms with Gasteiger partial charge in [-0.25, -0.2) is 4.68 Å². The molecule has 0 saturated carbocycles. The molecule has 0 spiro atoms. The lowest BCUT2D eigenvalue weighted by Crippen LogP contribution is -2.35. The Hall–Kier alpha value is -3.60. The molecule has 0 bridgehead atoms. The highest BCUT2D eigenvalue weighted by Crippen LogP contribution is 2.46. The zero-order valence-corrected chi connectivity index (χ0v) is 19.1. The molecule has 0 saturated heterocycles. The monoisotopic (exact) mass is 486 g/mol. The standard InChI is InChI=1S/C23H21F3N6OS/c1-13-3-7-15(8-4-13)31-21(29-30-22(31)34)17-12-27-32-19(23(24,25)26)11-18(28-20(17)32)14-5-9-16(33-2)10-6-14/h3-10,12,18-19,28H,11H2,1-2H3,(H,30,34)/t18-,19+/m0/s1. The third-order valence-electron chi connectivity index (χ3n) is 5.96. The molecule has 0 unspecified atom stereocenters. The van der Waals surface area contributed by atoms with E-state index in [-0.39, 0.29) is 12.2 Å². The Morgan fingerprint density at radius 3 is 2.44 bits per heavy atom. The Morgan fingerprint density at radius 1 is 1.09 bits per heavy atom. The smallest absolute Gasteiger partial charge is 0.410 e. The van der Waals surface area contributed by atoms with E-state index in [1.165, 1.54) is 6.20 Å². The molecule has 0 aliphatic carbocycles.